The predicted octanol–water partition coefficient (Wildman–Crippen LogP) is 6.22. The van der Waals surface area contributed by atoms with Gasteiger partial charge in [-0.3, -0.25) is 4.79 Å². The Kier molecular flexibility index (Phi) is 15.0. The average Bonchev–Trinajstić information content (AvgIpc) is 2.94. The minimum Gasteiger partial charge on any atom is -0.458 e. The van der Waals surface area contributed by atoms with Crippen LogP contribution >= 0.6 is 0 Å². The summed E-state index contributed by atoms with van der Waals surface area (Å²) in [6.45, 7) is 11.3. The first-order chi connectivity index (χ1) is 20.8. The summed E-state index contributed by atoms with van der Waals surface area (Å²) in [6, 6.07) is 11.6. The second-order valence-corrected chi connectivity index (χ2v) is 11.0. The lowest BCUT2D eigenvalue weighted by atomic mass is 10.1. The summed E-state index contributed by atoms with van der Waals surface area (Å²) in [5.74, 6) is -0.00966. The lowest BCUT2D eigenvalue weighted by Crippen LogP contribution is -2.39. The van der Waals surface area contributed by atoms with Crippen LogP contribution in [0.5, 0.6) is 17.2 Å². The van der Waals surface area contributed by atoms with Gasteiger partial charge in [0.2, 0.25) is 0 Å². The molecule has 3 atom stereocenters. The lowest BCUT2D eigenvalue weighted by molar-refractivity contribution is -0.155. The molecular formula is C32H43NO11. The summed E-state index contributed by atoms with van der Waals surface area (Å²) < 4.78 is 36.5. The zero-order chi connectivity index (χ0) is 32.6. The van der Waals surface area contributed by atoms with Crippen molar-refractivity contribution in [2.45, 2.75) is 79.1 Å². The van der Waals surface area contributed by atoms with E-state index >= 15 is 0 Å². The van der Waals surface area contributed by atoms with E-state index in [2.05, 4.69) is 0 Å². The van der Waals surface area contributed by atoms with Gasteiger partial charge in [-0.2, -0.15) is 0 Å². The maximum absolute atomic E-state index is 12.7. The number of hydrogen-bond acceptors (Lipinski definition) is 12. The van der Waals surface area contributed by atoms with E-state index < -0.39 is 42.7 Å². The Hall–Kier alpha value is -4.32. The molecule has 2 aromatic carbocycles. The predicted molar refractivity (Wildman–Crippen MR) is 160 cm³/mol. The van der Waals surface area contributed by atoms with Gasteiger partial charge in [0.15, 0.2) is 11.5 Å². The molecule has 0 aliphatic rings. The monoisotopic (exact) mass is 617 g/mol. The molecule has 12 heteroatoms. The molecule has 2 N–H and O–H groups in total. The third kappa shape index (κ3) is 13.8. The zero-order valence-electron chi connectivity index (χ0n) is 26.1. The minimum absolute atomic E-state index is 0.0191. The Labute approximate surface area is 258 Å². The van der Waals surface area contributed by atoms with Crippen molar-refractivity contribution in [1.82, 2.24) is 0 Å². The van der Waals surface area contributed by atoms with E-state index in [9.17, 15) is 19.2 Å². The van der Waals surface area contributed by atoms with Gasteiger partial charge in [0, 0.05) is 0 Å². The Bertz CT molecular complexity index is 1220. The zero-order valence-corrected chi connectivity index (χ0v) is 26.1. The number of para-hydroxylation sites is 1. The highest BCUT2D eigenvalue weighted by molar-refractivity contribution is 5.76. The van der Waals surface area contributed by atoms with Crippen LogP contribution in [0.2, 0.25) is 0 Å². The first kappa shape index (κ1) is 35.9. The smallest absolute Gasteiger partial charge is 0.458 e. The molecule has 0 bridgehead atoms. The standard InChI is InChI=1S/C32H43NO11/c1-20(2)14-16-38-30(35)43-27-13-12-24(19-28(27)44-31(36)39-17-15-21(3)4)18-26(33)29(34)40-22(5)23(6)41-32(37)42-25-10-8-7-9-11-25/h7-13,19-23,26H,14-18,33H2,1-6H3/t22-,23-,26-/m0/s1. The molecule has 0 aliphatic carbocycles. The molecule has 0 amide bonds. The van der Waals surface area contributed by atoms with Crippen LogP contribution in [0, 0.1) is 11.8 Å². The van der Waals surface area contributed by atoms with Crippen molar-refractivity contribution in [3.63, 3.8) is 0 Å². The summed E-state index contributed by atoms with van der Waals surface area (Å²) in [5, 5.41) is 0. The maximum atomic E-state index is 12.7. The Morgan fingerprint density at radius 2 is 1.20 bits per heavy atom. The molecule has 0 heterocycles. The second kappa shape index (κ2) is 18.4. The van der Waals surface area contributed by atoms with Crippen LogP contribution in [-0.2, 0) is 30.2 Å². The fraction of sp³-hybridized carbons (Fsp3) is 0.500. The van der Waals surface area contributed by atoms with Crippen molar-refractivity contribution in [3.8, 4) is 17.2 Å². The number of nitrogens with two attached hydrogens (primary N) is 1. The van der Waals surface area contributed by atoms with Crippen molar-refractivity contribution in [2.75, 3.05) is 13.2 Å². The highest BCUT2D eigenvalue weighted by atomic mass is 16.7. The van der Waals surface area contributed by atoms with Crippen LogP contribution in [0.3, 0.4) is 0 Å². The van der Waals surface area contributed by atoms with Crippen LogP contribution < -0.4 is 19.9 Å². The summed E-state index contributed by atoms with van der Waals surface area (Å²) in [5.41, 5.74) is 6.57. The molecule has 2 rings (SSSR count). The quantitative estimate of drug-likeness (QED) is 0.137. The molecule has 0 fully saturated rings. The SMILES string of the molecule is CC(C)CCOC(=O)Oc1ccc(C[C@H](N)C(=O)O[C@@H](C)[C@H](C)OC(=O)Oc2ccccc2)cc1OC(=O)OCCC(C)C. The van der Waals surface area contributed by atoms with Gasteiger partial charge in [0.25, 0.3) is 0 Å². The molecule has 0 aliphatic heterocycles. The lowest BCUT2D eigenvalue weighted by Gasteiger charge is -2.22. The molecule has 44 heavy (non-hydrogen) atoms. The van der Waals surface area contributed by atoms with Crippen molar-refractivity contribution >= 4 is 24.4 Å². The van der Waals surface area contributed by atoms with E-state index in [0.29, 0.717) is 36.0 Å². The van der Waals surface area contributed by atoms with E-state index in [0.717, 1.165) is 0 Å². The third-order valence-corrected chi connectivity index (χ3v) is 6.17. The first-order valence-electron chi connectivity index (χ1n) is 14.6. The first-order valence-corrected chi connectivity index (χ1v) is 14.6. The molecule has 0 radical (unpaired) electrons. The van der Waals surface area contributed by atoms with Crippen LogP contribution in [0.4, 0.5) is 14.4 Å². The van der Waals surface area contributed by atoms with Gasteiger partial charge in [-0.05, 0) is 74.8 Å². The maximum Gasteiger partial charge on any atom is 0.514 e. The summed E-state index contributed by atoms with van der Waals surface area (Å²) in [6.07, 6.45) is -3.31. The molecular weight excluding hydrogens is 574 g/mol. The van der Waals surface area contributed by atoms with E-state index in [-0.39, 0.29) is 31.1 Å². The van der Waals surface area contributed by atoms with Gasteiger partial charge in [-0.1, -0.05) is 52.0 Å². The van der Waals surface area contributed by atoms with Gasteiger partial charge < -0.3 is 38.9 Å². The number of esters is 1. The molecule has 0 aromatic heterocycles. The molecule has 0 saturated carbocycles. The second-order valence-electron chi connectivity index (χ2n) is 11.0. The van der Waals surface area contributed by atoms with E-state index in [1.165, 1.54) is 12.1 Å². The largest absolute Gasteiger partial charge is 0.514 e. The van der Waals surface area contributed by atoms with Gasteiger partial charge in [0.1, 0.15) is 24.0 Å². The van der Waals surface area contributed by atoms with Gasteiger partial charge >= 0.3 is 24.4 Å². The highest BCUT2D eigenvalue weighted by Gasteiger charge is 2.26. The normalized spacial score (nSPS) is 12.9. The number of carbonyl (C=O) groups is 4. The molecule has 0 unspecified atom stereocenters. The van der Waals surface area contributed by atoms with Gasteiger partial charge in [-0.25, -0.2) is 14.4 Å². The molecule has 2 aromatic rings. The fourth-order valence-electron chi connectivity index (χ4n) is 3.40. The van der Waals surface area contributed by atoms with Crippen molar-refractivity contribution in [3.05, 3.63) is 54.1 Å². The Balaban J connectivity index is 2.02. The van der Waals surface area contributed by atoms with Crippen molar-refractivity contribution < 1.29 is 52.3 Å². The minimum atomic E-state index is -1.13. The van der Waals surface area contributed by atoms with Crippen LogP contribution in [0.25, 0.3) is 0 Å². The summed E-state index contributed by atoms with van der Waals surface area (Å²) in [7, 11) is 0. The number of carbonyl (C=O) groups excluding carboxylic acids is 4. The topological polar surface area (TPSA) is 159 Å². The Morgan fingerprint density at radius 3 is 1.77 bits per heavy atom. The van der Waals surface area contributed by atoms with Gasteiger partial charge in [-0.15, -0.1) is 0 Å². The number of hydrogen-bond donors (Lipinski definition) is 1. The molecule has 0 saturated heterocycles. The molecule has 12 nitrogen and oxygen atoms in total. The molecule has 0 spiro atoms. The van der Waals surface area contributed by atoms with E-state index in [4.69, 9.17) is 38.9 Å². The molecule has 242 valence electrons. The van der Waals surface area contributed by atoms with E-state index in [1.807, 2.05) is 27.7 Å². The van der Waals surface area contributed by atoms with Crippen molar-refractivity contribution in [2.24, 2.45) is 17.6 Å². The summed E-state index contributed by atoms with van der Waals surface area (Å²) >= 11 is 0. The van der Waals surface area contributed by atoms with Crippen LogP contribution in [-0.4, -0.2) is 55.9 Å². The van der Waals surface area contributed by atoms with Gasteiger partial charge in [0.05, 0.1) is 13.2 Å². The highest BCUT2D eigenvalue weighted by Crippen LogP contribution is 2.30. The number of ether oxygens (including phenoxy) is 7. The fourth-order valence-corrected chi connectivity index (χ4v) is 3.40. The third-order valence-electron chi connectivity index (χ3n) is 6.17. The number of rotatable bonds is 15. The van der Waals surface area contributed by atoms with Crippen LogP contribution in [0.15, 0.2) is 48.5 Å². The van der Waals surface area contributed by atoms with Crippen LogP contribution in [0.1, 0.15) is 59.9 Å². The number of benzene rings is 2. The summed E-state index contributed by atoms with van der Waals surface area (Å²) in [4.78, 5) is 49.3. The average molecular weight is 618 g/mol. The van der Waals surface area contributed by atoms with Crippen molar-refractivity contribution in [1.29, 1.82) is 0 Å². The van der Waals surface area contributed by atoms with E-state index in [1.54, 1.807) is 50.2 Å². The Morgan fingerprint density at radius 1 is 0.659 bits per heavy atom.